The monoisotopic (exact) mass is 253 g/mol. The molecule has 0 aliphatic carbocycles. The van der Waals surface area contributed by atoms with Crippen molar-refractivity contribution in [3.05, 3.63) is 35.1 Å². The van der Waals surface area contributed by atoms with E-state index in [0.29, 0.717) is 12.1 Å². The van der Waals surface area contributed by atoms with Gasteiger partial charge < -0.3 is 5.11 Å². The van der Waals surface area contributed by atoms with Gasteiger partial charge in [-0.1, -0.05) is 19.1 Å². The Morgan fingerprint density at radius 1 is 1.44 bits per heavy atom. The number of carboxylic acids is 1. The molecule has 100 valence electrons. The van der Waals surface area contributed by atoms with Crippen LogP contribution in [0.3, 0.4) is 0 Å². The molecule has 0 saturated carbocycles. The summed E-state index contributed by atoms with van der Waals surface area (Å²) in [4.78, 5) is 12.8. The molecular weight excluding hydrogens is 233 g/mol. The maximum atomic E-state index is 13.2. The number of aryl methyl sites for hydroxylation is 1. The molecule has 0 aromatic heterocycles. The van der Waals surface area contributed by atoms with Gasteiger partial charge in [-0.3, -0.25) is 9.69 Å². The molecule has 1 N–H and O–H groups in total. The molecule has 1 aromatic carbocycles. The third-order valence-electron chi connectivity index (χ3n) is 3.31. The lowest BCUT2D eigenvalue weighted by Gasteiger charge is -2.26. The van der Waals surface area contributed by atoms with E-state index >= 15 is 0 Å². The van der Waals surface area contributed by atoms with Crippen LogP contribution in [-0.4, -0.2) is 29.6 Å². The highest BCUT2D eigenvalue weighted by molar-refractivity contribution is 5.69. The second-order valence-corrected chi connectivity index (χ2v) is 4.86. The number of rotatable bonds is 5. The summed E-state index contributed by atoms with van der Waals surface area (Å²) in [5.74, 6) is -1.43. The van der Waals surface area contributed by atoms with E-state index < -0.39 is 11.9 Å². The van der Waals surface area contributed by atoms with Gasteiger partial charge >= 0.3 is 5.97 Å². The van der Waals surface area contributed by atoms with Crippen LogP contribution in [0.2, 0.25) is 0 Å². The van der Waals surface area contributed by atoms with Gasteiger partial charge in [-0.25, -0.2) is 4.39 Å². The predicted molar refractivity (Wildman–Crippen MR) is 69.0 cm³/mol. The van der Waals surface area contributed by atoms with E-state index in [9.17, 15) is 9.18 Å². The summed E-state index contributed by atoms with van der Waals surface area (Å²) >= 11 is 0. The fraction of sp³-hybridized carbons (Fsp3) is 0.500. The number of aliphatic carboxylic acids is 1. The number of carboxylic acid groups (broad SMARTS) is 1. The SMILES string of the molecule is Cc1cc(C(C)N(C)CC(C)C(=O)O)ccc1F. The Morgan fingerprint density at radius 3 is 2.56 bits per heavy atom. The van der Waals surface area contributed by atoms with E-state index in [1.54, 1.807) is 19.9 Å². The van der Waals surface area contributed by atoms with Crippen LogP contribution in [0.25, 0.3) is 0 Å². The highest BCUT2D eigenvalue weighted by Gasteiger charge is 2.18. The van der Waals surface area contributed by atoms with Crippen LogP contribution < -0.4 is 0 Å². The van der Waals surface area contributed by atoms with Gasteiger partial charge in [-0.15, -0.1) is 0 Å². The molecule has 0 fully saturated rings. The molecule has 0 heterocycles. The first-order chi connectivity index (χ1) is 8.32. The summed E-state index contributed by atoms with van der Waals surface area (Å²) in [7, 11) is 1.88. The number of hydrogen-bond acceptors (Lipinski definition) is 2. The van der Waals surface area contributed by atoms with Crippen LogP contribution in [0.4, 0.5) is 4.39 Å². The highest BCUT2D eigenvalue weighted by atomic mass is 19.1. The van der Waals surface area contributed by atoms with Crippen LogP contribution in [0, 0.1) is 18.7 Å². The van der Waals surface area contributed by atoms with Gasteiger partial charge in [0.2, 0.25) is 0 Å². The molecule has 18 heavy (non-hydrogen) atoms. The van der Waals surface area contributed by atoms with Crippen LogP contribution in [0.5, 0.6) is 0 Å². The topological polar surface area (TPSA) is 40.5 Å². The van der Waals surface area contributed by atoms with Crippen molar-refractivity contribution in [2.75, 3.05) is 13.6 Å². The number of hydrogen-bond donors (Lipinski definition) is 1. The molecule has 0 spiro atoms. The molecule has 1 rings (SSSR count). The summed E-state index contributed by atoms with van der Waals surface area (Å²) in [5, 5.41) is 8.89. The summed E-state index contributed by atoms with van der Waals surface area (Å²) in [5.41, 5.74) is 1.60. The molecule has 0 aliphatic rings. The first kappa shape index (κ1) is 14.6. The second kappa shape index (κ2) is 5.96. The Labute approximate surface area is 107 Å². The van der Waals surface area contributed by atoms with Crippen LogP contribution in [0.15, 0.2) is 18.2 Å². The van der Waals surface area contributed by atoms with Crippen LogP contribution in [-0.2, 0) is 4.79 Å². The molecule has 0 radical (unpaired) electrons. The Bertz CT molecular complexity index is 434. The molecule has 4 heteroatoms. The van der Waals surface area contributed by atoms with Gasteiger partial charge in [0.15, 0.2) is 0 Å². The lowest BCUT2D eigenvalue weighted by molar-refractivity contribution is -0.141. The quantitative estimate of drug-likeness (QED) is 0.877. The smallest absolute Gasteiger partial charge is 0.307 e. The van der Waals surface area contributed by atoms with Crippen molar-refractivity contribution < 1.29 is 14.3 Å². The molecule has 2 atom stereocenters. The summed E-state index contributed by atoms with van der Waals surface area (Å²) in [6.07, 6.45) is 0. The average Bonchev–Trinajstić information content (AvgIpc) is 2.31. The molecule has 0 aliphatic heterocycles. The van der Waals surface area contributed by atoms with Crippen molar-refractivity contribution in [2.45, 2.75) is 26.8 Å². The Kier molecular flexibility index (Phi) is 4.84. The summed E-state index contributed by atoms with van der Waals surface area (Å²) in [6.45, 7) is 5.86. The van der Waals surface area contributed by atoms with Crippen molar-refractivity contribution in [1.82, 2.24) is 4.90 Å². The number of nitrogens with zero attached hydrogens (tertiary/aromatic N) is 1. The standard InChI is InChI=1S/C14H20FNO2/c1-9-7-12(5-6-13(9)15)11(3)16(4)8-10(2)14(17)18/h5-7,10-11H,8H2,1-4H3,(H,17,18). The minimum absolute atomic E-state index is 0.0612. The van der Waals surface area contributed by atoms with Gasteiger partial charge in [-0.2, -0.15) is 0 Å². The Balaban J connectivity index is 2.76. The molecule has 3 nitrogen and oxygen atoms in total. The minimum Gasteiger partial charge on any atom is -0.481 e. The fourth-order valence-electron chi connectivity index (χ4n) is 1.85. The predicted octanol–water partition coefficient (Wildman–Crippen LogP) is 2.85. The number of benzene rings is 1. The Hall–Kier alpha value is -1.42. The van der Waals surface area contributed by atoms with Crippen molar-refractivity contribution in [3.63, 3.8) is 0 Å². The third kappa shape index (κ3) is 3.53. The first-order valence-electron chi connectivity index (χ1n) is 6.02. The Morgan fingerprint density at radius 2 is 2.06 bits per heavy atom. The van der Waals surface area contributed by atoms with Crippen LogP contribution >= 0.6 is 0 Å². The highest BCUT2D eigenvalue weighted by Crippen LogP contribution is 2.21. The normalized spacial score (nSPS) is 14.6. The van der Waals surface area contributed by atoms with E-state index in [4.69, 9.17) is 5.11 Å². The van der Waals surface area contributed by atoms with Gasteiger partial charge in [0.1, 0.15) is 5.82 Å². The van der Waals surface area contributed by atoms with E-state index in [1.165, 1.54) is 6.07 Å². The van der Waals surface area contributed by atoms with Gasteiger partial charge in [0, 0.05) is 12.6 Å². The zero-order valence-electron chi connectivity index (χ0n) is 11.3. The van der Waals surface area contributed by atoms with Crippen LogP contribution in [0.1, 0.15) is 31.0 Å². The molecule has 0 bridgehead atoms. The average molecular weight is 253 g/mol. The lowest BCUT2D eigenvalue weighted by Crippen LogP contribution is -2.30. The largest absolute Gasteiger partial charge is 0.481 e. The first-order valence-corrected chi connectivity index (χ1v) is 6.02. The maximum absolute atomic E-state index is 13.2. The number of halogens is 1. The van der Waals surface area contributed by atoms with E-state index in [1.807, 2.05) is 24.9 Å². The molecule has 2 unspecified atom stereocenters. The molecule has 0 saturated heterocycles. The van der Waals surface area contributed by atoms with Crippen molar-refractivity contribution in [1.29, 1.82) is 0 Å². The van der Waals surface area contributed by atoms with Gasteiger partial charge in [0.25, 0.3) is 0 Å². The maximum Gasteiger partial charge on any atom is 0.307 e. The molecular formula is C14H20FNO2. The molecule has 0 amide bonds. The molecule has 1 aromatic rings. The zero-order valence-corrected chi connectivity index (χ0v) is 11.3. The van der Waals surface area contributed by atoms with E-state index in [-0.39, 0.29) is 11.9 Å². The van der Waals surface area contributed by atoms with Crippen molar-refractivity contribution in [3.8, 4) is 0 Å². The summed E-state index contributed by atoms with van der Waals surface area (Å²) < 4.78 is 13.2. The second-order valence-electron chi connectivity index (χ2n) is 4.86. The van der Waals surface area contributed by atoms with Gasteiger partial charge in [0.05, 0.1) is 5.92 Å². The van der Waals surface area contributed by atoms with E-state index in [0.717, 1.165) is 5.56 Å². The van der Waals surface area contributed by atoms with Gasteiger partial charge in [-0.05, 0) is 38.1 Å². The lowest BCUT2D eigenvalue weighted by atomic mass is 10.0. The van der Waals surface area contributed by atoms with Crippen molar-refractivity contribution >= 4 is 5.97 Å². The minimum atomic E-state index is -0.802. The fourth-order valence-corrected chi connectivity index (χ4v) is 1.85. The van der Waals surface area contributed by atoms with Crippen molar-refractivity contribution in [2.24, 2.45) is 5.92 Å². The zero-order chi connectivity index (χ0) is 13.9. The summed E-state index contributed by atoms with van der Waals surface area (Å²) in [6, 6.07) is 5.07. The number of carbonyl (C=O) groups is 1. The third-order valence-corrected chi connectivity index (χ3v) is 3.31. The van der Waals surface area contributed by atoms with E-state index in [2.05, 4.69) is 0 Å².